The highest BCUT2D eigenvalue weighted by molar-refractivity contribution is 5.83. The minimum Gasteiger partial charge on any atom is -0.494 e. The number of hydrogen-bond acceptors (Lipinski definition) is 2. The maximum absolute atomic E-state index is 5.60. The number of nitrogens with zero attached hydrogens (tertiary/aromatic N) is 1. The molecule has 2 nitrogen and oxygen atoms in total. The molecule has 0 radical (unpaired) electrons. The summed E-state index contributed by atoms with van der Waals surface area (Å²) in [7, 11) is 0. The third-order valence-corrected chi connectivity index (χ3v) is 2.59. The van der Waals surface area contributed by atoms with Crippen LogP contribution in [0.1, 0.15) is 24.6 Å². The zero-order valence-electron chi connectivity index (χ0n) is 10.1. The monoisotopic (exact) mass is 215 g/mol. The van der Waals surface area contributed by atoms with Gasteiger partial charge in [-0.2, -0.15) is 0 Å². The Labute approximate surface area is 96.3 Å². The smallest absolute Gasteiger partial charge is 0.121 e. The van der Waals surface area contributed by atoms with E-state index in [1.807, 2.05) is 19.1 Å². The van der Waals surface area contributed by atoms with E-state index >= 15 is 0 Å². The van der Waals surface area contributed by atoms with Crippen LogP contribution < -0.4 is 4.74 Å². The SMILES string of the molecule is CCCOc1ccc2c(C)cc(C)nc2c1. The lowest BCUT2D eigenvalue weighted by Crippen LogP contribution is -1.95. The molecule has 0 aliphatic heterocycles. The molecule has 84 valence electrons. The standard InChI is InChI=1S/C14H17NO/c1-4-7-16-12-5-6-13-10(2)8-11(3)15-14(13)9-12/h5-6,8-9H,4,7H2,1-3H3. The van der Waals surface area contributed by atoms with E-state index in [4.69, 9.17) is 4.74 Å². The van der Waals surface area contributed by atoms with Crippen LogP contribution in [0.15, 0.2) is 24.3 Å². The number of aromatic nitrogens is 1. The molecule has 1 aromatic carbocycles. The first-order valence-electron chi connectivity index (χ1n) is 5.71. The summed E-state index contributed by atoms with van der Waals surface area (Å²) in [6.07, 6.45) is 1.03. The number of ether oxygens (including phenoxy) is 1. The van der Waals surface area contributed by atoms with Gasteiger partial charge in [0.25, 0.3) is 0 Å². The molecule has 0 saturated carbocycles. The fraction of sp³-hybridized carbons (Fsp3) is 0.357. The first-order chi connectivity index (χ1) is 7.70. The summed E-state index contributed by atoms with van der Waals surface area (Å²) in [6.45, 7) is 7.00. The van der Waals surface area contributed by atoms with Crippen LogP contribution in [0.3, 0.4) is 0 Å². The number of benzene rings is 1. The third kappa shape index (κ3) is 2.16. The summed E-state index contributed by atoms with van der Waals surface area (Å²) in [5, 5.41) is 1.20. The van der Waals surface area contributed by atoms with Crippen molar-refractivity contribution in [2.24, 2.45) is 0 Å². The van der Waals surface area contributed by atoms with Gasteiger partial charge in [-0.25, -0.2) is 0 Å². The van der Waals surface area contributed by atoms with Crippen LogP contribution in [-0.4, -0.2) is 11.6 Å². The van der Waals surface area contributed by atoms with Crippen molar-refractivity contribution in [1.29, 1.82) is 0 Å². The molecule has 0 saturated heterocycles. The van der Waals surface area contributed by atoms with Gasteiger partial charge >= 0.3 is 0 Å². The van der Waals surface area contributed by atoms with Crippen molar-refractivity contribution in [2.75, 3.05) is 6.61 Å². The zero-order valence-corrected chi connectivity index (χ0v) is 10.1. The molecule has 2 heteroatoms. The van der Waals surface area contributed by atoms with Crippen LogP contribution in [-0.2, 0) is 0 Å². The van der Waals surface area contributed by atoms with Gasteiger partial charge in [-0.3, -0.25) is 4.98 Å². The maximum atomic E-state index is 5.60. The molecular formula is C14H17NO. The Kier molecular flexibility index (Phi) is 3.09. The summed E-state index contributed by atoms with van der Waals surface area (Å²) >= 11 is 0. The number of pyridine rings is 1. The van der Waals surface area contributed by atoms with Gasteiger partial charge in [0.15, 0.2) is 0 Å². The van der Waals surface area contributed by atoms with Crippen molar-refractivity contribution in [2.45, 2.75) is 27.2 Å². The van der Waals surface area contributed by atoms with Crippen molar-refractivity contribution in [3.8, 4) is 5.75 Å². The highest BCUT2D eigenvalue weighted by Crippen LogP contribution is 2.22. The molecule has 1 aromatic heterocycles. The molecule has 16 heavy (non-hydrogen) atoms. The van der Waals surface area contributed by atoms with Gasteiger partial charge in [0.2, 0.25) is 0 Å². The number of rotatable bonds is 3. The predicted octanol–water partition coefficient (Wildman–Crippen LogP) is 3.64. The Balaban J connectivity index is 2.45. The summed E-state index contributed by atoms with van der Waals surface area (Å²) in [6, 6.07) is 8.23. The second-order valence-electron chi connectivity index (χ2n) is 4.11. The maximum Gasteiger partial charge on any atom is 0.121 e. The van der Waals surface area contributed by atoms with Crippen LogP contribution in [0.25, 0.3) is 10.9 Å². The number of fused-ring (bicyclic) bond motifs is 1. The van der Waals surface area contributed by atoms with Crippen molar-refractivity contribution < 1.29 is 4.74 Å². The number of hydrogen-bond donors (Lipinski definition) is 0. The second-order valence-corrected chi connectivity index (χ2v) is 4.11. The molecule has 0 spiro atoms. The molecule has 0 bridgehead atoms. The average molecular weight is 215 g/mol. The third-order valence-electron chi connectivity index (χ3n) is 2.59. The van der Waals surface area contributed by atoms with Crippen molar-refractivity contribution in [3.05, 3.63) is 35.5 Å². The van der Waals surface area contributed by atoms with Gasteiger partial charge in [-0.15, -0.1) is 0 Å². The molecule has 0 aliphatic rings. The highest BCUT2D eigenvalue weighted by Gasteiger charge is 2.02. The highest BCUT2D eigenvalue weighted by atomic mass is 16.5. The lowest BCUT2D eigenvalue weighted by atomic mass is 10.1. The van der Waals surface area contributed by atoms with Crippen LogP contribution in [0, 0.1) is 13.8 Å². The molecule has 0 fully saturated rings. The zero-order chi connectivity index (χ0) is 11.5. The Morgan fingerprint density at radius 2 is 2.00 bits per heavy atom. The molecule has 0 unspecified atom stereocenters. The molecule has 1 heterocycles. The van der Waals surface area contributed by atoms with Gasteiger partial charge in [0.05, 0.1) is 12.1 Å². The fourth-order valence-corrected chi connectivity index (χ4v) is 1.86. The van der Waals surface area contributed by atoms with Gasteiger partial charge < -0.3 is 4.74 Å². The largest absolute Gasteiger partial charge is 0.494 e. The average Bonchev–Trinajstić information content (AvgIpc) is 2.25. The van der Waals surface area contributed by atoms with Crippen molar-refractivity contribution >= 4 is 10.9 Å². The minimum absolute atomic E-state index is 0.760. The van der Waals surface area contributed by atoms with Gasteiger partial charge in [-0.1, -0.05) is 6.92 Å². The van der Waals surface area contributed by atoms with Crippen LogP contribution in [0.2, 0.25) is 0 Å². The van der Waals surface area contributed by atoms with Gasteiger partial charge in [0.1, 0.15) is 5.75 Å². The lowest BCUT2D eigenvalue weighted by Gasteiger charge is -2.07. The first-order valence-corrected chi connectivity index (χ1v) is 5.71. The first kappa shape index (κ1) is 10.9. The molecule has 0 atom stereocenters. The van der Waals surface area contributed by atoms with Crippen LogP contribution in [0.4, 0.5) is 0 Å². The Bertz CT molecular complexity index is 505. The fourth-order valence-electron chi connectivity index (χ4n) is 1.86. The molecule has 0 aliphatic carbocycles. The van der Waals surface area contributed by atoms with E-state index in [-0.39, 0.29) is 0 Å². The Hall–Kier alpha value is -1.57. The molecule has 0 N–H and O–H groups in total. The van der Waals surface area contributed by atoms with E-state index in [1.54, 1.807) is 0 Å². The van der Waals surface area contributed by atoms with Gasteiger partial charge in [0, 0.05) is 17.1 Å². The van der Waals surface area contributed by atoms with E-state index in [0.29, 0.717) is 0 Å². The summed E-state index contributed by atoms with van der Waals surface area (Å²) in [5.74, 6) is 0.909. The van der Waals surface area contributed by atoms with Crippen LogP contribution in [0.5, 0.6) is 5.75 Å². The van der Waals surface area contributed by atoms with E-state index in [0.717, 1.165) is 30.0 Å². The van der Waals surface area contributed by atoms with E-state index < -0.39 is 0 Å². The second kappa shape index (κ2) is 4.52. The lowest BCUT2D eigenvalue weighted by molar-refractivity contribution is 0.318. The molecular weight excluding hydrogens is 198 g/mol. The predicted molar refractivity (Wildman–Crippen MR) is 67.0 cm³/mol. The molecule has 2 aromatic rings. The summed E-state index contributed by atoms with van der Waals surface area (Å²) in [5.41, 5.74) is 3.34. The summed E-state index contributed by atoms with van der Waals surface area (Å²) in [4.78, 5) is 4.53. The number of aryl methyl sites for hydroxylation is 2. The van der Waals surface area contributed by atoms with Crippen LogP contribution >= 0.6 is 0 Å². The Morgan fingerprint density at radius 3 is 2.75 bits per heavy atom. The molecule has 0 amide bonds. The van der Waals surface area contributed by atoms with E-state index in [9.17, 15) is 0 Å². The van der Waals surface area contributed by atoms with E-state index in [1.165, 1.54) is 10.9 Å². The summed E-state index contributed by atoms with van der Waals surface area (Å²) < 4.78 is 5.60. The van der Waals surface area contributed by atoms with Crippen molar-refractivity contribution in [3.63, 3.8) is 0 Å². The Morgan fingerprint density at radius 1 is 1.19 bits per heavy atom. The quantitative estimate of drug-likeness (QED) is 0.779. The van der Waals surface area contributed by atoms with Crippen molar-refractivity contribution in [1.82, 2.24) is 4.98 Å². The topological polar surface area (TPSA) is 22.1 Å². The van der Waals surface area contributed by atoms with Gasteiger partial charge in [-0.05, 0) is 44.0 Å². The van der Waals surface area contributed by atoms with E-state index in [2.05, 4.69) is 31.0 Å². The normalized spacial score (nSPS) is 10.7. The minimum atomic E-state index is 0.760. The molecule has 2 rings (SSSR count).